The predicted octanol–water partition coefficient (Wildman–Crippen LogP) is 0.910. The van der Waals surface area contributed by atoms with Crippen LogP contribution < -0.4 is 4.90 Å². The maximum atomic E-state index is 11.7. The van der Waals surface area contributed by atoms with Crippen LogP contribution in [0.1, 0.15) is 16.8 Å². The van der Waals surface area contributed by atoms with Crippen LogP contribution in [0.15, 0.2) is 30.4 Å². The van der Waals surface area contributed by atoms with E-state index in [1.54, 1.807) is 0 Å². The standard InChI is InChI=1S/C12H9NO5/c1-6-4-10(15)13(11(6)16)9-3-2-7(14)5-8(9)12(17)18/h2-3,5,14H,1,4H2,(H,17,18). The zero-order chi connectivity index (χ0) is 13.4. The molecule has 6 heteroatoms. The van der Waals surface area contributed by atoms with Gasteiger partial charge >= 0.3 is 5.97 Å². The summed E-state index contributed by atoms with van der Waals surface area (Å²) in [5, 5.41) is 18.2. The molecule has 1 aliphatic rings. The van der Waals surface area contributed by atoms with Gasteiger partial charge < -0.3 is 10.2 Å². The fraction of sp³-hybridized carbons (Fsp3) is 0.0833. The molecule has 1 aromatic carbocycles. The number of anilines is 1. The van der Waals surface area contributed by atoms with Crippen LogP contribution in [-0.4, -0.2) is 28.0 Å². The average molecular weight is 247 g/mol. The van der Waals surface area contributed by atoms with Crippen molar-refractivity contribution in [3.63, 3.8) is 0 Å². The molecule has 92 valence electrons. The monoisotopic (exact) mass is 247 g/mol. The van der Waals surface area contributed by atoms with Crippen LogP contribution in [0.25, 0.3) is 0 Å². The van der Waals surface area contributed by atoms with E-state index in [4.69, 9.17) is 5.11 Å². The molecule has 0 bridgehead atoms. The first kappa shape index (κ1) is 11.8. The highest BCUT2D eigenvalue weighted by atomic mass is 16.4. The topological polar surface area (TPSA) is 94.9 Å². The number of carboxylic acids is 1. The van der Waals surface area contributed by atoms with Gasteiger partial charge in [-0.25, -0.2) is 9.69 Å². The van der Waals surface area contributed by atoms with Crippen LogP contribution in [0.5, 0.6) is 5.75 Å². The first-order valence-electron chi connectivity index (χ1n) is 5.03. The summed E-state index contributed by atoms with van der Waals surface area (Å²) in [6.45, 7) is 3.44. The van der Waals surface area contributed by atoms with E-state index in [0.717, 1.165) is 11.0 Å². The lowest BCUT2D eigenvalue weighted by molar-refractivity contribution is -0.120. The van der Waals surface area contributed by atoms with E-state index in [1.807, 2.05) is 0 Å². The minimum atomic E-state index is -1.33. The number of phenolic OH excluding ortho intramolecular Hbond substituents is 1. The largest absolute Gasteiger partial charge is 0.508 e. The van der Waals surface area contributed by atoms with E-state index < -0.39 is 17.8 Å². The molecule has 1 saturated heterocycles. The van der Waals surface area contributed by atoms with Crippen LogP contribution >= 0.6 is 0 Å². The van der Waals surface area contributed by atoms with Gasteiger partial charge in [0.2, 0.25) is 5.91 Å². The van der Waals surface area contributed by atoms with Crippen molar-refractivity contribution in [1.82, 2.24) is 0 Å². The number of carboxylic acid groups (broad SMARTS) is 1. The summed E-state index contributed by atoms with van der Waals surface area (Å²) < 4.78 is 0. The number of benzene rings is 1. The summed E-state index contributed by atoms with van der Waals surface area (Å²) in [7, 11) is 0. The maximum absolute atomic E-state index is 11.7. The molecule has 18 heavy (non-hydrogen) atoms. The Bertz CT molecular complexity index is 590. The van der Waals surface area contributed by atoms with E-state index in [0.29, 0.717) is 0 Å². The fourth-order valence-electron chi connectivity index (χ4n) is 1.74. The molecule has 0 saturated carbocycles. The number of imide groups is 1. The van der Waals surface area contributed by atoms with Crippen LogP contribution in [0.3, 0.4) is 0 Å². The molecular formula is C12H9NO5. The Labute approximate surface area is 102 Å². The molecule has 6 nitrogen and oxygen atoms in total. The number of hydrogen-bond donors (Lipinski definition) is 2. The number of hydrogen-bond acceptors (Lipinski definition) is 4. The quantitative estimate of drug-likeness (QED) is 0.598. The third-order valence-electron chi connectivity index (χ3n) is 2.57. The summed E-state index contributed by atoms with van der Waals surface area (Å²) >= 11 is 0. The van der Waals surface area contributed by atoms with Gasteiger partial charge in [-0.3, -0.25) is 9.59 Å². The summed E-state index contributed by atoms with van der Waals surface area (Å²) in [6, 6.07) is 3.41. The smallest absolute Gasteiger partial charge is 0.337 e. The Balaban J connectivity index is 2.58. The van der Waals surface area contributed by atoms with E-state index in [2.05, 4.69) is 6.58 Å². The van der Waals surface area contributed by atoms with Crippen molar-refractivity contribution in [1.29, 1.82) is 0 Å². The maximum Gasteiger partial charge on any atom is 0.337 e. The number of carbonyl (C=O) groups excluding carboxylic acids is 2. The summed E-state index contributed by atoms with van der Waals surface area (Å²) in [4.78, 5) is 35.2. The molecule has 0 radical (unpaired) electrons. The van der Waals surface area contributed by atoms with Gasteiger partial charge in [-0.2, -0.15) is 0 Å². The SMILES string of the molecule is C=C1CC(=O)N(c2ccc(O)cc2C(=O)O)C1=O. The second-order valence-electron chi connectivity index (χ2n) is 3.82. The number of nitrogens with zero attached hydrogens (tertiary/aromatic N) is 1. The fourth-order valence-corrected chi connectivity index (χ4v) is 1.74. The lowest BCUT2D eigenvalue weighted by Gasteiger charge is -2.16. The summed E-state index contributed by atoms with van der Waals surface area (Å²) in [5.74, 6) is -2.74. The van der Waals surface area contributed by atoms with Crippen molar-refractivity contribution in [2.45, 2.75) is 6.42 Å². The molecule has 2 rings (SSSR count). The number of carbonyl (C=O) groups is 3. The van der Waals surface area contributed by atoms with E-state index in [9.17, 15) is 19.5 Å². The zero-order valence-electron chi connectivity index (χ0n) is 9.21. The van der Waals surface area contributed by atoms with Crippen LogP contribution in [0.2, 0.25) is 0 Å². The molecule has 1 aliphatic heterocycles. The van der Waals surface area contributed by atoms with Crippen molar-refractivity contribution in [2.75, 3.05) is 4.90 Å². The lowest BCUT2D eigenvalue weighted by atomic mass is 10.1. The Morgan fingerprint density at radius 2 is 2.00 bits per heavy atom. The van der Waals surface area contributed by atoms with Gasteiger partial charge in [0, 0.05) is 5.57 Å². The third-order valence-corrected chi connectivity index (χ3v) is 2.57. The van der Waals surface area contributed by atoms with Gasteiger partial charge in [-0.1, -0.05) is 6.58 Å². The first-order valence-corrected chi connectivity index (χ1v) is 5.03. The average Bonchev–Trinajstić information content (AvgIpc) is 2.54. The highest BCUT2D eigenvalue weighted by molar-refractivity contribution is 6.29. The molecule has 0 aliphatic carbocycles. The zero-order valence-corrected chi connectivity index (χ0v) is 9.21. The number of phenols is 1. The van der Waals surface area contributed by atoms with Gasteiger partial charge in [-0.15, -0.1) is 0 Å². The second kappa shape index (κ2) is 3.99. The molecule has 0 unspecified atom stereocenters. The Hall–Kier alpha value is -2.63. The highest BCUT2D eigenvalue weighted by Crippen LogP contribution is 2.30. The van der Waals surface area contributed by atoms with E-state index in [-0.39, 0.29) is 29.0 Å². The van der Waals surface area contributed by atoms with E-state index in [1.165, 1.54) is 12.1 Å². The highest BCUT2D eigenvalue weighted by Gasteiger charge is 2.35. The lowest BCUT2D eigenvalue weighted by Crippen LogP contribution is -2.30. The predicted molar refractivity (Wildman–Crippen MR) is 61.3 cm³/mol. The van der Waals surface area contributed by atoms with Gasteiger partial charge in [0.05, 0.1) is 17.7 Å². The number of amides is 2. The summed E-state index contributed by atoms with van der Waals surface area (Å²) in [5.41, 5.74) is -0.259. The minimum absolute atomic E-state index is 0.0612. The van der Waals surface area contributed by atoms with Gasteiger partial charge in [-0.05, 0) is 18.2 Å². The number of aromatic hydroxyl groups is 1. The van der Waals surface area contributed by atoms with Crippen LogP contribution in [-0.2, 0) is 9.59 Å². The molecule has 1 heterocycles. The van der Waals surface area contributed by atoms with Crippen molar-refractivity contribution < 1.29 is 24.6 Å². The van der Waals surface area contributed by atoms with Crippen molar-refractivity contribution in [3.05, 3.63) is 35.9 Å². The molecule has 0 spiro atoms. The summed E-state index contributed by atoms with van der Waals surface area (Å²) in [6.07, 6.45) is -0.126. The molecular weight excluding hydrogens is 238 g/mol. The molecule has 0 aromatic heterocycles. The molecule has 2 N–H and O–H groups in total. The first-order chi connectivity index (χ1) is 8.41. The van der Waals surface area contributed by atoms with Crippen molar-refractivity contribution in [3.8, 4) is 5.75 Å². The van der Waals surface area contributed by atoms with Crippen LogP contribution in [0.4, 0.5) is 5.69 Å². The van der Waals surface area contributed by atoms with Crippen molar-refractivity contribution in [2.24, 2.45) is 0 Å². The van der Waals surface area contributed by atoms with E-state index >= 15 is 0 Å². The Kier molecular flexibility index (Phi) is 2.63. The second-order valence-corrected chi connectivity index (χ2v) is 3.82. The van der Waals surface area contributed by atoms with Gasteiger partial charge in [0.25, 0.3) is 5.91 Å². The Morgan fingerprint density at radius 1 is 1.33 bits per heavy atom. The van der Waals surface area contributed by atoms with Gasteiger partial charge in [0.15, 0.2) is 0 Å². The molecule has 1 fully saturated rings. The molecule has 0 atom stereocenters. The van der Waals surface area contributed by atoms with Gasteiger partial charge in [0.1, 0.15) is 5.75 Å². The molecule has 1 aromatic rings. The molecule has 2 amide bonds. The van der Waals surface area contributed by atoms with Crippen molar-refractivity contribution >= 4 is 23.5 Å². The number of rotatable bonds is 2. The number of aromatic carboxylic acids is 1. The van der Waals surface area contributed by atoms with Crippen LogP contribution in [0, 0.1) is 0 Å². The normalized spacial score (nSPS) is 15.3. The minimum Gasteiger partial charge on any atom is -0.508 e. The third kappa shape index (κ3) is 1.73. The Morgan fingerprint density at radius 3 is 2.50 bits per heavy atom.